The van der Waals surface area contributed by atoms with Crippen LogP contribution < -0.4 is 5.32 Å². The number of hydrogen-bond acceptors (Lipinski definition) is 2. The second-order valence-electron chi connectivity index (χ2n) is 8.15. The highest BCUT2D eigenvalue weighted by molar-refractivity contribution is 5.47. The Balaban J connectivity index is 1.84. The van der Waals surface area contributed by atoms with Crippen molar-refractivity contribution < 1.29 is 4.74 Å². The Morgan fingerprint density at radius 1 is 0.960 bits per heavy atom. The van der Waals surface area contributed by atoms with Crippen LogP contribution in [0, 0.1) is 5.41 Å². The van der Waals surface area contributed by atoms with E-state index in [-0.39, 0.29) is 11.0 Å². The van der Waals surface area contributed by atoms with Gasteiger partial charge in [0.15, 0.2) is 0 Å². The third-order valence-corrected chi connectivity index (χ3v) is 4.15. The van der Waals surface area contributed by atoms with Gasteiger partial charge < -0.3 is 10.1 Å². The SMILES string of the molecule is C=Cc1ccc(COCC(C)(C)CC(C)(C)Nc2ccccc2)cc1. The smallest absolute Gasteiger partial charge is 0.0717 e. The van der Waals surface area contributed by atoms with Crippen LogP contribution in [0.1, 0.15) is 45.2 Å². The molecule has 0 spiro atoms. The summed E-state index contributed by atoms with van der Waals surface area (Å²) in [5.41, 5.74) is 3.58. The maximum Gasteiger partial charge on any atom is 0.0717 e. The van der Waals surface area contributed by atoms with E-state index in [0.29, 0.717) is 6.61 Å². The third-order valence-electron chi connectivity index (χ3n) is 4.15. The average Bonchev–Trinajstić information content (AvgIpc) is 2.54. The molecular weight excluding hydrogens is 306 g/mol. The van der Waals surface area contributed by atoms with Crippen LogP contribution in [0.4, 0.5) is 5.69 Å². The molecule has 2 rings (SSSR count). The normalized spacial score (nSPS) is 12.0. The molecule has 2 aromatic rings. The molecule has 134 valence electrons. The maximum atomic E-state index is 6.00. The number of nitrogens with one attached hydrogen (secondary N) is 1. The molecule has 0 unspecified atom stereocenters. The average molecular weight is 338 g/mol. The number of benzene rings is 2. The molecule has 2 heteroatoms. The van der Waals surface area contributed by atoms with Crippen molar-refractivity contribution in [2.24, 2.45) is 5.41 Å². The second-order valence-corrected chi connectivity index (χ2v) is 8.15. The molecular formula is C23H31NO. The molecule has 0 aliphatic carbocycles. The first kappa shape index (κ1) is 19.3. The van der Waals surface area contributed by atoms with E-state index < -0.39 is 0 Å². The van der Waals surface area contributed by atoms with E-state index >= 15 is 0 Å². The van der Waals surface area contributed by atoms with E-state index in [9.17, 15) is 0 Å². The van der Waals surface area contributed by atoms with Crippen molar-refractivity contribution in [2.45, 2.75) is 46.3 Å². The minimum atomic E-state index is -0.000176. The quantitative estimate of drug-likeness (QED) is 0.592. The van der Waals surface area contributed by atoms with Gasteiger partial charge in [-0.25, -0.2) is 0 Å². The number of anilines is 1. The van der Waals surface area contributed by atoms with Crippen molar-refractivity contribution in [1.82, 2.24) is 0 Å². The Labute approximate surface area is 152 Å². The molecule has 0 saturated carbocycles. The summed E-state index contributed by atoms with van der Waals surface area (Å²) in [7, 11) is 0. The van der Waals surface area contributed by atoms with Crippen LogP contribution in [0.15, 0.2) is 61.2 Å². The lowest BCUT2D eigenvalue weighted by molar-refractivity contribution is 0.0397. The van der Waals surface area contributed by atoms with Gasteiger partial charge in [0.05, 0.1) is 13.2 Å². The minimum absolute atomic E-state index is 0.000176. The Morgan fingerprint density at radius 2 is 1.60 bits per heavy atom. The molecule has 1 N–H and O–H groups in total. The van der Waals surface area contributed by atoms with Gasteiger partial charge in [0.25, 0.3) is 0 Å². The van der Waals surface area contributed by atoms with Crippen molar-refractivity contribution in [3.8, 4) is 0 Å². The van der Waals surface area contributed by atoms with Crippen LogP contribution >= 0.6 is 0 Å². The fourth-order valence-electron chi connectivity index (χ4n) is 3.40. The third kappa shape index (κ3) is 6.75. The molecule has 0 fully saturated rings. The van der Waals surface area contributed by atoms with E-state index in [1.165, 1.54) is 5.56 Å². The highest BCUT2D eigenvalue weighted by atomic mass is 16.5. The van der Waals surface area contributed by atoms with Crippen molar-refractivity contribution in [3.63, 3.8) is 0 Å². The first-order valence-corrected chi connectivity index (χ1v) is 8.92. The molecule has 2 nitrogen and oxygen atoms in total. The van der Waals surface area contributed by atoms with Gasteiger partial charge in [-0.1, -0.05) is 69.0 Å². The summed E-state index contributed by atoms with van der Waals surface area (Å²) < 4.78 is 6.00. The summed E-state index contributed by atoms with van der Waals surface area (Å²) in [6.07, 6.45) is 2.87. The van der Waals surface area contributed by atoms with Gasteiger partial charge in [0.1, 0.15) is 0 Å². The van der Waals surface area contributed by atoms with Gasteiger partial charge >= 0.3 is 0 Å². The number of rotatable bonds is 9. The first-order chi connectivity index (χ1) is 11.8. The highest BCUT2D eigenvalue weighted by Crippen LogP contribution is 2.31. The molecule has 0 saturated heterocycles. The lowest BCUT2D eigenvalue weighted by atomic mass is 9.80. The second kappa shape index (κ2) is 8.35. The van der Waals surface area contributed by atoms with E-state index in [0.717, 1.165) is 24.3 Å². The Bertz CT molecular complexity index is 656. The molecule has 25 heavy (non-hydrogen) atoms. The lowest BCUT2D eigenvalue weighted by Crippen LogP contribution is -2.38. The predicted octanol–water partition coefficient (Wildman–Crippen LogP) is 6.15. The molecule has 0 aliphatic heterocycles. The topological polar surface area (TPSA) is 21.3 Å². The van der Waals surface area contributed by atoms with Crippen molar-refractivity contribution in [2.75, 3.05) is 11.9 Å². The molecule has 0 aliphatic rings. The Kier molecular flexibility index (Phi) is 6.44. The van der Waals surface area contributed by atoms with Crippen LogP contribution in [0.25, 0.3) is 6.08 Å². The fourth-order valence-corrected chi connectivity index (χ4v) is 3.40. The zero-order valence-corrected chi connectivity index (χ0v) is 16.0. The van der Waals surface area contributed by atoms with Crippen LogP contribution in [-0.4, -0.2) is 12.1 Å². The van der Waals surface area contributed by atoms with E-state index in [1.807, 2.05) is 12.1 Å². The largest absolute Gasteiger partial charge is 0.380 e. The van der Waals surface area contributed by atoms with Gasteiger partial charge in [0, 0.05) is 11.2 Å². The molecule has 0 radical (unpaired) electrons. The van der Waals surface area contributed by atoms with Crippen molar-refractivity contribution in [1.29, 1.82) is 0 Å². The van der Waals surface area contributed by atoms with Gasteiger partial charge in [-0.2, -0.15) is 0 Å². The zero-order chi connectivity index (χ0) is 18.3. The van der Waals surface area contributed by atoms with Crippen LogP contribution in [0.2, 0.25) is 0 Å². The predicted molar refractivity (Wildman–Crippen MR) is 109 cm³/mol. The van der Waals surface area contributed by atoms with Gasteiger partial charge in [-0.3, -0.25) is 0 Å². The standard InChI is InChI=1S/C23H31NO/c1-6-19-12-14-20(15-13-19)16-25-18-22(2,3)17-23(4,5)24-21-10-8-7-9-11-21/h6-15,24H,1,16-18H2,2-5H3. The van der Waals surface area contributed by atoms with E-state index in [1.54, 1.807) is 0 Å². The van der Waals surface area contributed by atoms with Gasteiger partial charge in [-0.15, -0.1) is 0 Å². The summed E-state index contributed by atoms with van der Waals surface area (Å²) in [4.78, 5) is 0. The molecule has 0 bridgehead atoms. The van der Waals surface area contributed by atoms with Crippen LogP contribution in [0.5, 0.6) is 0 Å². The van der Waals surface area contributed by atoms with Gasteiger partial charge in [0.2, 0.25) is 0 Å². The van der Waals surface area contributed by atoms with Crippen LogP contribution in [-0.2, 0) is 11.3 Å². The van der Waals surface area contributed by atoms with Crippen molar-refractivity contribution in [3.05, 3.63) is 72.3 Å². The zero-order valence-electron chi connectivity index (χ0n) is 16.0. The summed E-state index contributed by atoms with van der Waals surface area (Å²) in [6, 6.07) is 18.7. The first-order valence-electron chi connectivity index (χ1n) is 8.92. The summed E-state index contributed by atoms with van der Waals surface area (Å²) >= 11 is 0. The lowest BCUT2D eigenvalue weighted by Gasteiger charge is -2.36. The fraction of sp³-hybridized carbons (Fsp3) is 0.391. The number of ether oxygens (including phenoxy) is 1. The maximum absolute atomic E-state index is 6.00. The Morgan fingerprint density at radius 3 is 2.20 bits per heavy atom. The monoisotopic (exact) mass is 337 g/mol. The van der Waals surface area contributed by atoms with Crippen molar-refractivity contribution >= 4 is 11.8 Å². The van der Waals surface area contributed by atoms with E-state index in [4.69, 9.17) is 4.74 Å². The highest BCUT2D eigenvalue weighted by Gasteiger charge is 2.29. The number of para-hydroxylation sites is 1. The molecule has 0 amide bonds. The molecule has 0 atom stereocenters. The summed E-state index contributed by atoms with van der Waals surface area (Å²) in [5, 5.41) is 3.63. The molecule has 2 aromatic carbocycles. The summed E-state index contributed by atoms with van der Waals surface area (Å²) in [6.45, 7) is 14.2. The summed E-state index contributed by atoms with van der Waals surface area (Å²) in [5.74, 6) is 0. The van der Waals surface area contributed by atoms with E-state index in [2.05, 4.69) is 88.1 Å². The molecule has 0 aromatic heterocycles. The Hall–Kier alpha value is -2.06. The molecule has 0 heterocycles. The number of hydrogen-bond donors (Lipinski definition) is 1. The van der Waals surface area contributed by atoms with Crippen LogP contribution in [0.3, 0.4) is 0 Å². The van der Waals surface area contributed by atoms with Gasteiger partial charge in [-0.05, 0) is 48.9 Å². The minimum Gasteiger partial charge on any atom is -0.380 e.